The van der Waals surface area contributed by atoms with Crippen molar-refractivity contribution in [3.05, 3.63) is 11.8 Å². The summed E-state index contributed by atoms with van der Waals surface area (Å²) in [6.45, 7) is 3.55. The van der Waals surface area contributed by atoms with E-state index in [-0.39, 0.29) is 25.3 Å². The molecule has 0 aromatic rings. The van der Waals surface area contributed by atoms with E-state index >= 15 is 0 Å². The molecule has 6 N–H and O–H groups in total. The average Bonchev–Trinajstić information content (AvgIpc) is 2.69. The zero-order valence-electron chi connectivity index (χ0n) is 16.8. The number of carboxylic acids is 1. The first kappa shape index (κ1) is 24.9. The van der Waals surface area contributed by atoms with Crippen LogP contribution >= 0.6 is 0 Å². The van der Waals surface area contributed by atoms with E-state index in [4.69, 9.17) is 9.84 Å². The molecule has 166 valence electrons. The first-order valence-corrected chi connectivity index (χ1v) is 9.93. The minimum Gasteiger partial charge on any atom is -0.478 e. The molecule has 29 heavy (non-hydrogen) atoms. The minimum atomic E-state index is -1.67. The van der Waals surface area contributed by atoms with Crippen molar-refractivity contribution in [2.75, 3.05) is 6.54 Å². The summed E-state index contributed by atoms with van der Waals surface area (Å²) in [6.07, 6.45) is -1.73. The van der Waals surface area contributed by atoms with Gasteiger partial charge in [0.1, 0.15) is 18.3 Å². The summed E-state index contributed by atoms with van der Waals surface area (Å²) >= 11 is 0. The molecule has 1 aliphatic rings. The second-order valence-electron chi connectivity index (χ2n) is 7.07. The number of carboxylic acid groups (broad SMARTS) is 1. The van der Waals surface area contributed by atoms with Crippen LogP contribution in [0, 0.1) is 0 Å². The van der Waals surface area contributed by atoms with Gasteiger partial charge in [-0.3, -0.25) is 9.59 Å². The number of carbonyl (C=O) groups is 3. The highest BCUT2D eigenvalue weighted by Gasteiger charge is 2.43. The molecule has 10 heteroatoms. The number of nitrogens with one attached hydrogen (secondary N) is 2. The highest BCUT2D eigenvalue weighted by atomic mass is 16.5. The van der Waals surface area contributed by atoms with E-state index < -0.39 is 48.1 Å². The van der Waals surface area contributed by atoms with Crippen LogP contribution in [0.4, 0.5) is 0 Å². The van der Waals surface area contributed by atoms with Gasteiger partial charge in [-0.2, -0.15) is 0 Å². The third kappa shape index (κ3) is 8.00. The molecule has 1 aliphatic heterocycles. The molecular formula is C19H32N2O8. The van der Waals surface area contributed by atoms with E-state index in [1.165, 1.54) is 0 Å². The number of carbonyl (C=O) groups excluding carboxylic acids is 2. The van der Waals surface area contributed by atoms with Crippen LogP contribution in [0.1, 0.15) is 52.4 Å². The first-order chi connectivity index (χ1) is 13.7. The van der Waals surface area contributed by atoms with E-state index in [1.54, 1.807) is 0 Å². The SMILES string of the molecule is CCCCC(=O)NCC(O)C(O)C1OC(C(=O)O)=C[C@@H](O)C1NC(=O)CCCC. The Balaban J connectivity index is 2.86. The van der Waals surface area contributed by atoms with Crippen LogP contribution in [0.15, 0.2) is 11.8 Å². The third-order valence-corrected chi connectivity index (χ3v) is 4.60. The van der Waals surface area contributed by atoms with Gasteiger partial charge in [-0.1, -0.05) is 26.7 Å². The van der Waals surface area contributed by atoms with Gasteiger partial charge < -0.3 is 35.8 Å². The molecule has 4 unspecified atom stereocenters. The van der Waals surface area contributed by atoms with Crippen molar-refractivity contribution in [2.45, 2.75) is 82.8 Å². The van der Waals surface area contributed by atoms with Gasteiger partial charge in [0.05, 0.1) is 6.04 Å². The van der Waals surface area contributed by atoms with Crippen LogP contribution in [0.3, 0.4) is 0 Å². The Bertz CT molecular complexity index is 595. The zero-order valence-corrected chi connectivity index (χ0v) is 16.8. The molecule has 0 fully saturated rings. The Morgan fingerprint density at radius 3 is 2.24 bits per heavy atom. The number of hydrogen-bond acceptors (Lipinski definition) is 7. The lowest BCUT2D eigenvalue weighted by Crippen LogP contribution is -2.60. The topological polar surface area (TPSA) is 165 Å². The number of unbranched alkanes of at least 4 members (excludes halogenated alkanes) is 2. The predicted octanol–water partition coefficient (Wildman–Crippen LogP) is -0.582. The molecule has 0 bridgehead atoms. The van der Waals surface area contributed by atoms with Gasteiger partial charge in [-0.05, 0) is 18.9 Å². The summed E-state index contributed by atoms with van der Waals surface area (Å²) in [7, 11) is 0. The first-order valence-electron chi connectivity index (χ1n) is 9.93. The molecule has 1 rings (SSSR count). The van der Waals surface area contributed by atoms with Crippen molar-refractivity contribution < 1.29 is 39.5 Å². The predicted molar refractivity (Wildman–Crippen MR) is 103 cm³/mol. The van der Waals surface area contributed by atoms with Crippen LogP contribution in [0.5, 0.6) is 0 Å². The highest BCUT2D eigenvalue weighted by molar-refractivity contribution is 5.84. The van der Waals surface area contributed by atoms with E-state index in [0.29, 0.717) is 12.8 Å². The van der Waals surface area contributed by atoms with E-state index in [0.717, 1.165) is 18.9 Å². The zero-order chi connectivity index (χ0) is 22.0. The second kappa shape index (κ2) is 12.4. The number of amides is 2. The number of rotatable bonds is 12. The van der Waals surface area contributed by atoms with Crippen LogP contribution in [0.25, 0.3) is 0 Å². The van der Waals surface area contributed by atoms with Crippen molar-refractivity contribution in [3.8, 4) is 0 Å². The standard InChI is InChI=1S/C19H32N2O8/c1-3-5-7-14(24)20-10-12(23)17(26)18-16(21-15(25)8-6-4-2)11(22)9-13(29-18)19(27)28/h9,11-12,16-18,22-23,26H,3-8,10H2,1-2H3,(H,20,24)(H,21,25)(H,27,28)/t11-,12?,16?,17?,18?/m1/s1. The molecule has 2 amide bonds. The molecule has 0 saturated carbocycles. The van der Waals surface area contributed by atoms with Gasteiger partial charge in [-0.25, -0.2) is 4.79 Å². The Morgan fingerprint density at radius 1 is 1.10 bits per heavy atom. The Hall–Kier alpha value is -2.17. The van der Waals surface area contributed by atoms with Gasteiger partial charge in [0.15, 0.2) is 6.10 Å². The molecular weight excluding hydrogens is 384 g/mol. The third-order valence-electron chi connectivity index (χ3n) is 4.60. The average molecular weight is 416 g/mol. The minimum absolute atomic E-state index is 0.189. The number of aliphatic hydroxyl groups excluding tert-OH is 3. The number of hydrogen-bond donors (Lipinski definition) is 6. The van der Waals surface area contributed by atoms with E-state index in [9.17, 15) is 29.7 Å². The van der Waals surface area contributed by atoms with Gasteiger partial charge >= 0.3 is 5.97 Å². The number of ether oxygens (including phenoxy) is 1. The molecule has 10 nitrogen and oxygen atoms in total. The maximum absolute atomic E-state index is 12.1. The summed E-state index contributed by atoms with van der Waals surface area (Å²) in [5.74, 6) is -2.75. The molecule has 0 spiro atoms. The summed E-state index contributed by atoms with van der Waals surface area (Å²) < 4.78 is 5.26. The summed E-state index contributed by atoms with van der Waals surface area (Å²) in [5, 5.41) is 45.2. The quantitative estimate of drug-likeness (QED) is 0.246. The van der Waals surface area contributed by atoms with Crippen molar-refractivity contribution in [3.63, 3.8) is 0 Å². The largest absolute Gasteiger partial charge is 0.478 e. The fourth-order valence-corrected chi connectivity index (χ4v) is 2.86. The van der Waals surface area contributed by atoms with Gasteiger partial charge in [-0.15, -0.1) is 0 Å². The highest BCUT2D eigenvalue weighted by Crippen LogP contribution is 2.23. The van der Waals surface area contributed by atoms with Gasteiger partial charge in [0, 0.05) is 19.4 Å². The molecule has 0 saturated heterocycles. The van der Waals surface area contributed by atoms with Crippen LogP contribution in [-0.4, -0.2) is 75.2 Å². The maximum Gasteiger partial charge on any atom is 0.370 e. The molecule has 5 atom stereocenters. The fraction of sp³-hybridized carbons (Fsp3) is 0.737. The molecule has 0 aliphatic carbocycles. The van der Waals surface area contributed by atoms with Crippen molar-refractivity contribution in [1.29, 1.82) is 0 Å². The lowest BCUT2D eigenvalue weighted by molar-refractivity contribution is -0.148. The smallest absolute Gasteiger partial charge is 0.370 e. The fourth-order valence-electron chi connectivity index (χ4n) is 2.86. The number of aliphatic hydroxyl groups is 3. The summed E-state index contributed by atoms with van der Waals surface area (Å²) in [4.78, 5) is 35.0. The monoisotopic (exact) mass is 416 g/mol. The maximum atomic E-state index is 12.1. The molecule has 0 aromatic carbocycles. The Kier molecular flexibility index (Phi) is 10.6. The van der Waals surface area contributed by atoms with Crippen molar-refractivity contribution in [2.24, 2.45) is 0 Å². The van der Waals surface area contributed by atoms with E-state index in [2.05, 4.69) is 10.6 Å². The second-order valence-corrected chi connectivity index (χ2v) is 7.07. The molecule has 1 heterocycles. The Labute approximate surface area is 169 Å². The molecule has 0 aromatic heterocycles. The number of aliphatic carboxylic acids is 1. The van der Waals surface area contributed by atoms with Crippen LogP contribution < -0.4 is 10.6 Å². The Morgan fingerprint density at radius 2 is 1.69 bits per heavy atom. The van der Waals surface area contributed by atoms with Crippen LogP contribution in [0.2, 0.25) is 0 Å². The normalized spacial score (nSPS) is 23.3. The summed E-state index contributed by atoms with van der Waals surface area (Å²) in [5.41, 5.74) is 0. The van der Waals surface area contributed by atoms with E-state index in [1.807, 2.05) is 13.8 Å². The lowest BCUT2D eigenvalue weighted by atomic mass is 9.93. The lowest BCUT2D eigenvalue weighted by Gasteiger charge is -2.38. The van der Waals surface area contributed by atoms with Gasteiger partial charge in [0.2, 0.25) is 17.6 Å². The summed E-state index contributed by atoms with van der Waals surface area (Å²) in [6, 6.07) is -1.16. The van der Waals surface area contributed by atoms with Crippen molar-refractivity contribution >= 4 is 17.8 Å². The molecule has 0 radical (unpaired) electrons. The van der Waals surface area contributed by atoms with Crippen LogP contribution in [-0.2, 0) is 19.1 Å². The van der Waals surface area contributed by atoms with Crippen molar-refractivity contribution in [1.82, 2.24) is 10.6 Å². The van der Waals surface area contributed by atoms with Gasteiger partial charge in [0.25, 0.3) is 0 Å².